The molecule has 0 spiro atoms. The highest BCUT2D eigenvalue weighted by molar-refractivity contribution is 5.94. The Bertz CT molecular complexity index is 573. The maximum atomic E-state index is 12.5. The summed E-state index contributed by atoms with van der Waals surface area (Å²) in [6.45, 7) is 3.11. The van der Waals surface area contributed by atoms with E-state index in [1.54, 1.807) is 35.6 Å². The molecule has 0 saturated carbocycles. The van der Waals surface area contributed by atoms with Crippen LogP contribution in [0.4, 0.5) is 5.82 Å². The maximum absolute atomic E-state index is 12.5. The lowest BCUT2D eigenvalue weighted by Crippen LogP contribution is -2.30. The van der Waals surface area contributed by atoms with Crippen molar-refractivity contribution in [1.29, 1.82) is 0 Å². The molecular formula is C14H17N5O. The molecule has 0 aliphatic heterocycles. The smallest absolute Gasteiger partial charge is 0.254 e. The lowest BCUT2D eigenvalue weighted by molar-refractivity contribution is 0.0752. The number of pyridine rings is 2. The van der Waals surface area contributed by atoms with Crippen molar-refractivity contribution < 1.29 is 4.79 Å². The number of nitrogens with one attached hydrogen (secondary N) is 1. The zero-order valence-electron chi connectivity index (χ0n) is 11.3. The molecule has 0 aliphatic carbocycles. The van der Waals surface area contributed by atoms with Gasteiger partial charge in [-0.25, -0.2) is 10.8 Å². The summed E-state index contributed by atoms with van der Waals surface area (Å²) < 4.78 is 0. The zero-order valence-corrected chi connectivity index (χ0v) is 11.3. The van der Waals surface area contributed by atoms with E-state index in [0.717, 1.165) is 5.56 Å². The second-order valence-corrected chi connectivity index (χ2v) is 4.25. The van der Waals surface area contributed by atoms with E-state index in [0.29, 0.717) is 24.5 Å². The lowest BCUT2D eigenvalue weighted by Gasteiger charge is -2.21. The highest BCUT2D eigenvalue weighted by atomic mass is 16.2. The van der Waals surface area contributed by atoms with Gasteiger partial charge in [-0.3, -0.25) is 9.78 Å². The van der Waals surface area contributed by atoms with Crippen LogP contribution in [0.3, 0.4) is 0 Å². The average molecular weight is 271 g/mol. The van der Waals surface area contributed by atoms with Gasteiger partial charge in [0.1, 0.15) is 5.82 Å². The minimum absolute atomic E-state index is 0.0526. The molecule has 0 radical (unpaired) electrons. The fourth-order valence-electron chi connectivity index (χ4n) is 1.86. The lowest BCUT2D eigenvalue weighted by atomic mass is 10.2. The molecule has 0 aliphatic rings. The topological polar surface area (TPSA) is 84.1 Å². The number of nitrogen functional groups attached to an aromatic ring is 1. The molecule has 0 bridgehead atoms. The number of hydrogen-bond acceptors (Lipinski definition) is 5. The van der Waals surface area contributed by atoms with Crippen molar-refractivity contribution >= 4 is 11.7 Å². The van der Waals surface area contributed by atoms with Crippen molar-refractivity contribution in [2.75, 3.05) is 12.0 Å². The van der Waals surface area contributed by atoms with Crippen LogP contribution in [0.2, 0.25) is 0 Å². The van der Waals surface area contributed by atoms with Crippen LogP contribution in [-0.4, -0.2) is 27.3 Å². The molecule has 0 fully saturated rings. The predicted octanol–water partition coefficient (Wildman–Crippen LogP) is 1.42. The Labute approximate surface area is 117 Å². The van der Waals surface area contributed by atoms with E-state index in [4.69, 9.17) is 5.84 Å². The molecule has 2 heterocycles. The van der Waals surface area contributed by atoms with Gasteiger partial charge in [-0.2, -0.15) is 0 Å². The Hall–Kier alpha value is -2.47. The second kappa shape index (κ2) is 6.63. The minimum Gasteiger partial charge on any atom is -0.335 e. The summed E-state index contributed by atoms with van der Waals surface area (Å²) in [6, 6.07) is 7.11. The highest BCUT2D eigenvalue weighted by Gasteiger charge is 2.15. The Balaban J connectivity index is 2.16. The first-order valence-electron chi connectivity index (χ1n) is 6.35. The summed E-state index contributed by atoms with van der Waals surface area (Å²) >= 11 is 0. The Morgan fingerprint density at radius 3 is 2.70 bits per heavy atom. The van der Waals surface area contributed by atoms with Crippen LogP contribution in [0, 0.1) is 0 Å². The number of carbonyl (C=O) groups is 1. The van der Waals surface area contributed by atoms with E-state index < -0.39 is 0 Å². The van der Waals surface area contributed by atoms with Crippen molar-refractivity contribution in [2.45, 2.75) is 13.5 Å². The molecule has 2 rings (SSSR count). The van der Waals surface area contributed by atoms with Gasteiger partial charge in [0.25, 0.3) is 5.91 Å². The summed E-state index contributed by atoms with van der Waals surface area (Å²) in [4.78, 5) is 22.2. The number of nitrogens with zero attached hydrogens (tertiary/aromatic N) is 3. The molecule has 1 amide bonds. The number of carbonyl (C=O) groups excluding carboxylic acids is 1. The van der Waals surface area contributed by atoms with E-state index in [1.807, 2.05) is 19.1 Å². The molecule has 0 atom stereocenters. The van der Waals surface area contributed by atoms with Crippen LogP contribution < -0.4 is 11.3 Å². The minimum atomic E-state index is -0.0526. The third kappa shape index (κ3) is 3.30. The molecule has 2 aromatic rings. The number of amides is 1. The van der Waals surface area contributed by atoms with Gasteiger partial charge >= 0.3 is 0 Å². The van der Waals surface area contributed by atoms with Gasteiger partial charge in [0.15, 0.2) is 0 Å². The largest absolute Gasteiger partial charge is 0.335 e. The molecule has 20 heavy (non-hydrogen) atoms. The Kier molecular flexibility index (Phi) is 4.62. The number of hydrazine groups is 1. The van der Waals surface area contributed by atoms with Gasteiger partial charge in [0, 0.05) is 37.2 Å². The third-order valence-corrected chi connectivity index (χ3v) is 2.95. The average Bonchev–Trinajstić information content (AvgIpc) is 2.53. The molecule has 0 aromatic carbocycles. The molecule has 6 nitrogen and oxygen atoms in total. The molecule has 3 N–H and O–H groups in total. The van der Waals surface area contributed by atoms with Crippen molar-refractivity contribution in [1.82, 2.24) is 14.9 Å². The number of rotatable bonds is 5. The first-order chi connectivity index (χ1) is 9.74. The van der Waals surface area contributed by atoms with Crippen molar-refractivity contribution in [3.63, 3.8) is 0 Å². The molecule has 0 unspecified atom stereocenters. The first kappa shape index (κ1) is 14.0. The first-order valence-corrected chi connectivity index (χ1v) is 6.35. The number of hydrogen-bond donors (Lipinski definition) is 2. The van der Waals surface area contributed by atoms with E-state index in [2.05, 4.69) is 15.4 Å². The van der Waals surface area contributed by atoms with Crippen LogP contribution in [0.15, 0.2) is 42.9 Å². The van der Waals surface area contributed by atoms with Gasteiger partial charge in [0.05, 0.1) is 0 Å². The second-order valence-electron chi connectivity index (χ2n) is 4.25. The standard InChI is InChI=1S/C14H17N5O/c1-2-19(10-11-3-6-16-7-4-11)14(20)12-5-8-17-13(9-12)18-15/h3-9H,2,10,15H2,1H3,(H,17,18). The van der Waals surface area contributed by atoms with Gasteiger partial charge in [0.2, 0.25) is 0 Å². The van der Waals surface area contributed by atoms with Gasteiger partial charge < -0.3 is 10.3 Å². The van der Waals surface area contributed by atoms with Gasteiger partial charge in [-0.05, 0) is 36.8 Å². The van der Waals surface area contributed by atoms with Crippen LogP contribution in [-0.2, 0) is 6.54 Å². The summed E-state index contributed by atoms with van der Waals surface area (Å²) in [5.41, 5.74) is 4.04. The van der Waals surface area contributed by atoms with Crippen molar-refractivity contribution in [3.05, 3.63) is 54.0 Å². The number of nitrogens with two attached hydrogens (primary N) is 1. The fraction of sp³-hybridized carbons (Fsp3) is 0.214. The maximum Gasteiger partial charge on any atom is 0.254 e. The molecule has 0 saturated heterocycles. The third-order valence-electron chi connectivity index (χ3n) is 2.95. The molecule has 2 aromatic heterocycles. The summed E-state index contributed by atoms with van der Waals surface area (Å²) in [5, 5.41) is 0. The number of anilines is 1. The summed E-state index contributed by atoms with van der Waals surface area (Å²) in [5.74, 6) is 5.72. The quantitative estimate of drug-likeness (QED) is 0.634. The SMILES string of the molecule is CCN(Cc1ccncc1)C(=O)c1ccnc(NN)c1. The monoisotopic (exact) mass is 271 g/mol. The van der Waals surface area contributed by atoms with Crippen LogP contribution >= 0.6 is 0 Å². The van der Waals surface area contributed by atoms with Crippen LogP contribution in [0.5, 0.6) is 0 Å². The summed E-state index contributed by atoms with van der Waals surface area (Å²) in [7, 11) is 0. The highest BCUT2D eigenvalue weighted by Crippen LogP contribution is 2.11. The normalized spacial score (nSPS) is 10.1. The number of aromatic nitrogens is 2. The van der Waals surface area contributed by atoms with Crippen molar-refractivity contribution in [3.8, 4) is 0 Å². The Morgan fingerprint density at radius 1 is 1.30 bits per heavy atom. The predicted molar refractivity (Wildman–Crippen MR) is 76.7 cm³/mol. The zero-order chi connectivity index (χ0) is 14.4. The van der Waals surface area contributed by atoms with Crippen molar-refractivity contribution in [2.24, 2.45) is 5.84 Å². The fourth-order valence-corrected chi connectivity index (χ4v) is 1.86. The van der Waals surface area contributed by atoms with Gasteiger partial charge in [-0.1, -0.05) is 0 Å². The summed E-state index contributed by atoms with van der Waals surface area (Å²) in [6.07, 6.45) is 5.00. The molecular weight excluding hydrogens is 254 g/mol. The van der Waals surface area contributed by atoms with E-state index in [1.165, 1.54) is 0 Å². The Morgan fingerprint density at radius 2 is 2.05 bits per heavy atom. The van der Waals surface area contributed by atoms with E-state index in [-0.39, 0.29) is 5.91 Å². The van der Waals surface area contributed by atoms with Crippen LogP contribution in [0.1, 0.15) is 22.8 Å². The van der Waals surface area contributed by atoms with Crippen LogP contribution in [0.25, 0.3) is 0 Å². The molecule has 6 heteroatoms. The van der Waals surface area contributed by atoms with Gasteiger partial charge in [-0.15, -0.1) is 0 Å². The van der Waals surface area contributed by atoms with E-state index in [9.17, 15) is 4.79 Å². The van der Waals surface area contributed by atoms with E-state index >= 15 is 0 Å². The molecule has 104 valence electrons.